The number of carbonyl (C=O) groups is 1. The molecule has 1 rings (SSSR count). The zero-order chi connectivity index (χ0) is 12.3. The van der Waals surface area contributed by atoms with Gasteiger partial charge in [0, 0.05) is 6.54 Å². The lowest BCUT2D eigenvalue weighted by molar-refractivity contribution is -0.160. The number of esters is 1. The molecule has 1 heterocycles. The van der Waals surface area contributed by atoms with Gasteiger partial charge < -0.3 is 4.74 Å². The van der Waals surface area contributed by atoms with Gasteiger partial charge in [0.05, 0.1) is 0 Å². The molecule has 1 aliphatic heterocycles. The highest BCUT2D eigenvalue weighted by Crippen LogP contribution is 2.21. The fraction of sp³-hybridized carbons (Fsp3) is 0.769. The van der Waals surface area contributed by atoms with E-state index in [2.05, 4.69) is 11.5 Å². The molecule has 1 aliphatic rings. The second kappa shape index (κ2) is 5.00. The minimum atomic E-state index is -0.394. The highest BCUT2D eigenvalue weighted by molar-refractivity contribution is 5.76. The number of nitrogens with zero attached hydrogens (tertiary/aromatic N) is 1. The summed E-state index contributed by atoms with van der Waals surface area (Å²) in [4.78, 5) is 14.1. The number of hydrogen-bond donors (Lipinski definition) is 0. The van der Waals surface area contributed by atoms with Crippen molar-refractivity contribution < 1.29 is 9.53 Å². The average molecular weight is 225 g/mol. The normalized spacial score (nSPS) is 22.1. The molecule has 3 nitrogen and oxygen atoms in total. The average Bonchev–Trinajstić information content (AvgIpc) is 2.47. The van der Waals surface area contributed by atoms with Crippen molar-refractivity contribution in [2.45, 2.75) is 52.2 Å². The van der Waals surface area contributed by atoms with Crippen LogP contribution >= 0.6 is 0 Å². The van der Waals surface area contributed by atoms with Crippen LogP contribution in [-0.2, 0) is 9.53 Å². The van der Waals surface area contributed by atoms with Crippen LogP contribution in [0.4, 0.5) is 0 Å². The Balaban J connectivity index is 2.57. The third-order valence-electron chi connectivity index (χ3n) is 2.52. The van der Waals surface area contributed by atoms with Gasteiger partial charge in [-0.2, -0.15) is 0 Å². The molecule has 1 fully saturated rings. The summed E-state index contributed by atoms with van der Waals surface area (Å²) in [6.45, 7) is 13.4. The van der Waals surface area contributed by atoms with Gasteiger partial charge in [0.15, 0.2) is 0 Å². The van der Waals surface area contributed by atoms with E-state index in [0.717, 1.165) is 31.5 Å². The van der Waals surface area contributed by atoms with Gasteiger partial charge in [-0.3, -0.25) is 9.69 Å². The molecule has 16 heavy (non-hydrogen) atoms. The van der Waals surface area contributed by atoms with Crippen LogP contribution in [0.1, 0.15) is 40.5 Å². The number of rotatable bonds is 3. The zero-order valence-corrected chi connectivity index (χ0v) is 10.9. The SMILES string of the molecule is C=C(C)CN1CCC[C@H]1C(=O)OC(C)(C)C. The van der Waals surface area contributed by atoms with E-state index in [1.807, 2.05) is 27.7 Å². The van der Waals surface area contributed by atoms with Crippen LogP contribution in [0.3, 0.4) is 0 Å². The van der Waals surface area contributed by atoms with Crippen LogP contribution in [0.5, 0.6) is 0 Å². The highest BCUT2D eigenvalue weighted by Gasteiger charge is 2.33. The smallest absolute Gasteiger partial charge is 0.323 e. The molecule has 0 aromatic carbocycles. The molecule has 1 saturated heterocycles. The zero-order valence-electron chi connectivity index (χ0n) is 10.9. The first kappa shape index (κ1) is 13.2. The highest BCUT2D eigenvalue weighted by atomic mass is 16.6. The molecule has 0 spiro atoms. The fourth-order valence-corrected chi connectivity index (χ4v) is 2.00. The molecule has 1 atom stereocenters. The molecule has 0 bridgehead atoms. The monoisotopic (exact) mass is 225 g/mol. The summed E-state index contributed by atoms with van der Waals surface area (Å²) in [5, 5.41) is 0. The van der Waals surface area contributed by atoms with Gasteiger partial charge in [0.2, 0.25) is 0 Å². The Labute approximate surface area is 98.5 Å². The maximum atomic E-state index is 12.0. The largest absolute Gasteiger partial charge is 0.459 e. The molecular formula is C13H23NO2. The van der Waals surface area contributed by atoms with E-state index in [4.69, 9.17) is 4.74 Å². The molecule has 0 N–H and O–H groups in total. The third-order valence-corrected chi connectivity index (χ3v) is 2.52. The van der Waals surface area contributed by atoms with Gasteiger partial charge in [-0.1, -0.05) is 12.2 Å². The standard InChI is InChI=1S/C13H23NO2/c1-10(2)9-14-8-6-7-11(14)12(15)16-13(3,4)5/h11H,1,6-9H2,2-5H3/t11-/m0/s1. The summed E-state index contributed by atoms with van der Waals surface area (Å²) in [5.41, 5.74) is 0.699. The molecule has 0 unspecified atom stereocenters. The first-order valence-corrected chi connectivity index (χ1v) is 5.91. The molecule has 0 aromatic rings. The number of carbonyl (C=O) groups excluding carboxylic acids is 1. The van der Waals surface area contributed by atoms with Gasteiger partial charge in [-0.15, -0.1) is 0 Å². The van der Waals surface area contributed by atoms with Crippen LogP contribution in [0, 0.1) is 0 Å². The topological polar surface area (TPSA) is 29.5 Å². The van der Waals surface area contributed by atoms with Gasteiger partial charge in [0.1, 0.15) is 11.6 Å². The second-order valence-corrected chi connectivity index (χ2v) is 5.62. The van der Waals surface area contributed by atoms with E-state index >= 15 is 0 Å². The molecule has 3 heteroatoms. The molecule has 0 aliphatic carbocycles. The molecule has 92 valence electrons. The Morgan fingerprint density at radius 1 is 1.50 bits per heavy atom. The first-order chi connectivity index (χ1) is 7.29. The van der Waals surface area contributed by atoms with Gasteiger partial charge in [-0.05, 0) is 47.1 Å². The van der Waals surface area contributed by atoms with E-state index < -0.39 is 5.60 Å². The molecular weight excluding hydrogens is 202 g/mol. The van der Waals surface area contributed by atoms with Crippen molar-refractivity contribution in [1.82, 2.24) is 4.90 Å². The molecule has 0 amide bonds. The molecule has 0 saturated carbocycles. The fourth-order valence-electron chi connectivity index (χ4n) is 2.00. The predicted octanol–water partition coefficient (Wildman–Crippen LogP) is 2.37. The van der Waals surface area contributed by atoms with Crippen molar-refractivity contribution in [3.8, 4) is 0 Å². The minimum Gasteiger partial charge on any atom is -0.459 e. The Kier molecular flexibility index (Phi) is 4.14. The van der Waals surface area contributed by atoms with Crippen LogP contribution in [0.25, 0.3) is 0 Å². The number of likely N-dealkylation sites (tertiary alicyclic amines) is 1. The summed E-state index contributed by atoms with van der Waals surface area (Å²) < 4.78 is 5.42. The van der Waals surface area contributed by atoms with E-state index in [1.54, 1.807) is 0 Å². The maximum absolute atomic E-state index is 12.0. The molecule has 0 aromatic heterocycles. The van der Waals surface area contributed by atoms with Gasteiger partial charge >= 0.3 is 5.97 Å². The van der Waals surface area contributed by atoms with Crippen molar-refractivity contribution in [1.29, 1.82) is 0 Å². The van der Waals surface area contributed by atoms with Crippen LogP contribution < -0.4 is 0 Å². The predicted molar refractivity (Wildman–Crippen MR) is 65.3 cm³/mol. The molecule has 0 radical (unpaired) electrons. The van der Waals surface area contributed by atoms with Crippen LogP contribution in [0.2, 0.25) is 0 Å². The lowest BCUT2D eigenvalue weighted by Crippen LogP contribution is -2.41. The lowest BCUT2D eigenvalue weighted by atomic mass is 10.1. The Hall–Kier alpha value is -0.830. The van der Waals surface area contributed by atoms with E-state index in [0.29, 0.717) is 0 Å². The Bertz CT molecular complexity index is 278. The summed E-state index contributed by atoms with van der Waals surface area (Å²) in [6, 6.07) is -0.0732. The third kappa shape index (κ3) is 3.97. The number of ether oxygens (including phenoxy) is 1. The minimum absolute atomic E-state index is 0.0732. The summed E-state index contributed by atoms with van der Waals surface area (Å²) in [5.74, 6) is -0.0914. The van der Waals surface area contributed by atoms with Crippen LogP contribution in [-0.4, -0.2) is 35.6 Å². The second-order valence-electron chi connectivity index (χ2n) is 5.62. The van der Waals surface area contributed by atoms with Crippen molar-refractivity contribution in [2.24, 2.45) is 0 Å². The van der Waals surface area contributed by atoms with Crippen molar-refractivity contribution in [2.75, 3.05) is 13.1 Å². The maximum Gasteiger partial charge on any atom is 0.323 e. The van der Waals surface area contributed by atoms with E-state index in [1.165, 1.54) is 0 Å². The first-order valence-electron chi connectivity index (χ1n) is 5.91. The van der Waals surface area contributed by atoms with Gasteiger partial charge in [0.25, 0.3) is 0 Å². The van der Waals surface area contributed by atoms with Gasteiger partial charge in [-0.25, -0.2) is 0 Å². The van der Waals surface area contributed by atoms with Crippen molar-refractivity contribution in [3.05, 3.63) is 12.2 Å². The number of hydrogen-bond acceptors (Lipinski definition) is 3. The Morgan fingerprint density at radius 3 is 2.62 bits per heavy atom. The van der Waals surface area contributed by atoms with E-state index in [-0.39, 0.29) is 12.0 Å². The van der Waals surface area contributed by atoms with Crippen molar-refractivity contribution >= 4 is 5.97 Å². The summed E-state index contributed by atoms with van der Waals surface area (Å²) in [6.07, 6.45) is 1.97. The Morgan fingerprint density at radius 2 is 2.12 bits per heavy atom. The van der Waals surface area contributed by atoms with Crippen molar-refractivity contribution in [3.63, 3.8) is 0 Å². The summed E-state index contributed by atoms with van der Waals surface area (Å²) >= 11 is 0. The quantitative estimate of drug-likeness (QED) is 0.545. The summed E-state index contributed by atoms with van der Waals surface area (Å²) in [7, 11) is 0. The lowest BCUT2D eigenvalue weighted by Gasteiger charge is -2.27. The van der Waals surface area contributed by atoms with Crippen LogP contribution in [0.15, 0.2) is 12.2 Å². The van der Waals surface area contributed by atoms with E-state index in [9.17, 15) is 4.79 Å².